The fourth-order valence-electron chi connectivity index (χ4n) is 3.04. The molecule has 25 heavy (non-hydrogen) atoms. The van der Waals surface area contributed by atoms with Gasteiger partial charge in [0.2, 0.25) is 0 Å². The molecule has 6 heteroatoms. The number of hydrogen-bond donors (Lipinski definition) is 1. The molecule has 0 radical (unpaired) electrons. The molecule has 0 fully saturated rings. The first-order valence-corrected chi connectivity index (χ1v) is 8.80. The number of aryl methyl sites for hydroxylation is 1. The van der Waals surface area contributed by atoms with Gasteiger partial charge in [0.15, 0.2) is 6.61 Å². The summed E-state index contributed by atoms with van der Waals surface area (Å²) in [6, 6.07) is 12.7. The van der Waals surface area contributed by atoms with Gasteiger partial charge in [-0.15, -0.1) is 0 Å². The van der Waals surface area contributed by atoms with E-state index in [0.717, 1.165) is 24.8 Å². The summed E-state index contributed by atoms with van der Waals surface area (Å²) in [6.07, 6.45) is 2.90. The van der Waals surface area contributed by atoms with Gasteiger partial charge in [0, 0.05) is 0 Å². The maximum atomic E-state index is 12.2. The van der Waals surface area contributed by atoms with Crippen LogP contribution in [0.15, 0.2) is 42.5 Å². The van der Waals surface area contributed by atoms with Gasteiger partial charge in [-0.05, 0) is 42.5 Å². The maximum absolute atomic E-state index is 12.2. The van der Waals surface area contributed by atoms with E-state index < -0.39 is 5.97 Å². The van der Waals surface area contributed by atoms with E-state index in [4.69, 9.17) is 27.9 Å². The van der Waals surface area contributed by atoms with Crippen molar-refractivity contribution in [2.45, 2.75) is 25.3 Å². The van der Waals surface area contributed by atoms with Crippen LogP contribution in [0.2, 0.25) is 10.0 Å². The number of amides is 1. The Balaban J connectivity index is 1.60. The number of hydrogen-bond acceptors (Lipinski definition) is 3. The van der Waals surface area contributed by atoms with E-state index in [-0.39, 0.29) is 34.2 Å². The van der Waals surface area contributed by atoms with E-state index in [1.807, 2.05) is 18.2 Å². The predicted octanol–water partition coefficient (Wildman–Crippen LogP) is 4.34. The largest absolute Gasteiger partial charge is 0.452 e. The molecule has 0 saturated heterocycles. The predicted molar refractivity (Wildman–Crippen MR) is 97.0 cm³/mol. The molecule has 1 aliphatic rings. The second-order valence-corrected chi connectivity index (χ2v) is 6.70. The number of nitrogens with one attached hydrogen (secondary N) is 1. The fourth-order valence-corrected chi connectivity index (χ4v) is 3.59. The first-order valence-electron chi connectivity index (χ1n) is 8.04. The molecule has 1 aliphatic carbocycles. The topological polar surface area (TPSA) is 55.4 Å². The van der Waals surface area contributed by atoms with Crippen molar-refractivity contribution in [3.63, 3.8) is 0 Å². The third-order valence-electron chi connectivity index (χ3n) is 4.21. The second kappa shape index (κ2) is 7.89. The van der Waals surface area contributed by atoms with Crippen molar-refractivity contribution in [3.8, 4) is 0 Å². The van der Waals surface area contributed by atoms with Crippen molar-refractivity contribution in [2.75, 3.05) is 6.61 Å². The Morgan fingerprint density at radius 3 is 2.56 bits per heavy atom. The molecule has 0 aromatic heterocycles. The van der Waals surface area contributed by atoms with Crippen molar-refractivity contribution < 1.29 is 14.3 Å². The number of benzene rings is 2. The van der Waals surface area contributed by atoms with Crippen LogP contribution in [0.4, 0.5) is 0 Å². The minimum Gasteiger partial charge on any atom is -0.452 e. The van der Waals surface area contributed by atoms with Crippen LogP contribution in [-0.4, -0.2) is 18.5 Å². The van der Waals surface area contributed by atoms with E-state index >= 15 is 0 Å². The number of carbonyl (C=O) groups excluding carboxylic acids is 2. The monoisotopic (exact) mass is 377 g/mol. The van der Waals surface area contributed by atoms with Gasteiger partial charge in [0.05, 0.1) is 21.7 Å². The van der Waals surface area contributed by atoms with E-state index in [2.05, 4.69) is 11.4 Å². The van der Waals surface area contributed by atoms with Gasteiger partial charge in [-0.3, -0.25) is 4.79 Å². The highest BCUT2D eigenvalue weighted by atomic mass is 35.5. The molecule has 4 nitrogen and oxygen atoms in total. The molecule has 1 N–H and O–H groups in total. The van der Waals surface area contributed by atoms with Gasteiger partial charge in [0.25, 0.3) is 5.91 Å². The third kappa shape index (κ3) is 4.14. The Morgan fingerprint density at radius 2 is 1.80 bits per heavy atom. The van der Waals surface area contributed by atoms with Crippen molar-refractivity contribution >= 4 is 35.1 Å². The Bertz CT molecular complexity index is 787. The van der Waals surface area contributed by atoms with Crippen molar-refractivity contribution in [1.82, 2.24) is 5.32 Å². The average Bonchev–Trinajstić information content (AvgIpc) is 2.60. The van der Waals surface area contributed by atoms with E-state index in [1.54, 1.807) is 18.2 Å². The van der Waals surface area contributed by atoms with E-state index in [1.165, 1.54) is 5.56 Å². The molecule has 0 saturated carbocycles. The Kier molecular flexibility index (Phi) is 5.61. The number of ether oxygens (including phenoxy) is 1. The normalized spacial score (nSPS) is 16.0. The fraction of sp³-hybridized carbons (Fsp3) is 0.263. The molecular formula is C19H17Cl2NO3. The van der Waals surface area contributed by atoms with Gasteiger partial charge in [-0.2, -0.15) is 0 Å². The summed E-state index contributed by atoms with van der Waals surface area (Å²) in [5, 5.41) is 3.32. The minimum atomic E-state index is -0.713. The molecular weight excluding hydrogens is 361 g/mol. The summed E-state index contributed by atoms with van der Waals surface area (Å²) in [5.41, 5.74) is 2.45. The molecule has 2 aromatic carbocycles. The second-order valence-electron chi connectivity index (χ2n) is 5.88. The van der Waals surface area contributed by atoms with E-state index in [9.17, 15) is 9.59 Å². The van der Waals surface area contributed by atoms with Crippen LogP contribution < -0.4 is 5.32 Å². The third-order valence-corrected chi connectivity index (χ3v) is 4.84. The lowest BCUT2D eigenvalue weighted by Crippen LogP contribution is -2.34. The minimum absolute atomic E-state index is 0.0555. The van der Waals surface area contributed by atoms with Crippen molar-refractivity contribution in [3.05, 3.63) is 69.2 Å². The molecule has 3 rings (SSSR count). The number of carbonyl (C=O) groups is 2. The van der Waals surface area contributed by atoms with Crippen molar-refractivity contribution in [2.24, 2.45) is 0 Å². The van der Waals surface area contributed by atoms with Crippen LogP contribution in [-0.2, 0) is 16.0 Å². The van der Waals surface area contributed by atoms with Crippen LogP contribution in [0.1, 0.15) is 40.4 Å². The molecule has 1 amide bonds. The number of fused-ring (bicyclic) bond motifs is 1. The molecule has 1 atom stereocenters. The number of rotatable bonds is 4. The maximum Gasteiger partial charge on any atom is 0.341 e. The summed E-state index contributed by atoms with van der Waals surface area (Å²) in [4.78, 5) is 24.3. The van der Waals surface area contributed by atoms with Crippen LogP contribution in [0.5, 0.6) is 0 Å². The molecule has 0 aliphatic heterocycles. The first-order chi connectivity index (χ1) is 12.1. The van der Waals surface area contributed by atoms with Gasteiger partial charge >= 0.3 is 5.97 Å². The molecule has 0 unspecified atom stereocenters. The lowest BCUT2D eigenvalue weighted by atomic mass is 9.88. The SMILES string of the molecule is O=C(COC(=O)c1c(Cl)cccc1Cl)N[C@@H]1CCCc2ccccc21. The summed E-state index contributed by atoms with van der Waals surface area (Å²) in [7, 11) is 0. The zero-order valence-corrected chi connectivity index (χ0v) is 14.9. The standard InChI is InChI=1S/C19H17Cl2NO3/c20-14-8-4-9-15(21)18(14)19(24)25-11-17(23)22-16-10-3-6-12-5-1-2-7-13(12)16/h1-2,4-5,7-9,16H,3,6,10-11H2,(H,22,23)/t16-/m1/s1. The zero-order chi connectivity index (χ0) is 17.8. The quantitative estimate of drug-likeness (QED) is 0.806. The van der Waals surface area contributed by atoms with Gasteiger partial charge in [-0.1, -0.05) is 53.5 Å². The Hall–Kier alpha value is -2.04. The van der Waals surface area contributed by atoms with Crippen LogP contribution >= 0.6 is 23.2 Å². The molecule has 2 aromatic rings. The average molecular weight is 378 g/mol. The van der Waals surface area contributed by atoms with Crippen LogP contribution in [0.3, 0.4) is 0 Å². The van der Waals surface area contributed by atoms with Crippen molar-refractivity contribution in [1.29, 1.82) is 0 Å². The van der Waals surface area contributed by atoms with Crippen LogP contribution in [0.25, 0.3) is 0 Å². The summed E-state index contributed by atoms with van der Waals surface area (Å²) in [5.74, 6) is -1.06. The van der Waals surface area contributed by atoms with Gasteiger partial charge in [0.1, 0.15) is 0 Å². The highest BCUT2D eigenvalue weighted by Crippen LogP contribution is 2.29. The smallest absolute Gasteiger partial charge is 0.341 e. The molecule has 0 spiro atoms. The Labute approximate surface area is 156 Å². The summed E-state index contributed by atoms with van der Waals surface area (Å²) in [6.45, 7) is -0.376. The van der Waals surface area contributed by atoms with E-state index in [0.29, 0.717) is 0 Å². The Morgan fingerprint density at radius 1 is 1.08 bits per heavy atom. The highest BCUT2D eigenvalue weighted by Gasteiger charge is 2.22. The number of esters is 1. The van der Waals surface area contributed by atoms with Crippen LogP contribution in [0, 0.1) is 0 Å². The zero-order valence-electron chi connectivity index (χ0n) is 13.4. The van der Waals surface area contributed by atoms with Gasteiger partial charge in [-0.25, -0.2) is 4.79 Å². The first kappa shape index (κ1) is 17.8. The lowest BCUT2D eigenvalue weighted by Gasteiger charge is -2.26. The summed E-state index contributed by atoms with van der Waals surface area (Å²) < 4.78 is 5.06. The number of halogens is 2. The molecule has 130 valence electrons. The molecule has 0 heterocycles. The lowest BCUT2D eigenvalue weighted by molar-refractivity contribution is -0.125. The molecule has 0 bridgehead atoms. The van der Waals surface area contributed by atoms with Gasteiger partial charge < -0.3 is 10.1 Å². The highest BCUT2D eigenvalue weighted by molar-refractivity contribution is 6.39. The summed E-state index contributed by atoms with van der Waals surface area (Å²) >= 11 is 11.9.